The quantitative estimate of drug-likeness (QED) is 0.891. The highest BCUT2D eigenvalue weighted by atomic mass is 16.5. The molecule has 0 saturated carbocycles. The third kappa shape index (κ3) is 3.97. The molecule has 104 valence electrons. The number of aliphatic hydroxyl groups excluding tert-OH is 1. The zero-order valence-corrected chi connectivity index (χ0v) is 12.0. The van der Waals surface area contributed by atoms with Crippen molar-refractivity contribution in [2.45, 2.75) is 20.5 Å². The zero-order chi connectivity index (χ0) is 14.4. The maximum atomic E-state index is 9.13. The van der Waals surface area contributed by atoms with Crippen molar-refractivity contribution in [3.63, 3.8) is 0 Å². The van der Waals surface area contributed by atoms with E-state index in [-0.39, 0.29) is 6.61 Å². The van der Waals surface area contributed by atoms with Crippen molar-refractivity contribution in [3.8, 4) is 5.75 Å². The van der Waals surface area contributed by atoms with Crippen LogP contribution < -0.4 is 4.74 Å². The highest BCUT2D eigenvalue weighted by molar-refractivity contribution is 5.51. The number of ether oxygens (including phenoxy) is 1. The van der Waals surface area contributed by atoms with Crippen LogP contribution in [0.5, 0.6) is 5.75 Å². The number of benzene rings is 2. The Balaban J connectivity index is 1.90. The Kier molecular flexibility index (Phi) is 4.97. The summed E-state index contributed by atoms with van der Waals surface area (Å²) in [4.78, 5) is 0. The molecule has 2 aromatic rings. The van der Waals surface area contributed by atoms with Crippen LogP contribution in [0.15, 0.2) is 48.5 Å². The van der Waals surface area contributed by atoms with Crippen LogP contribution >= 0.6 is 0 Å². The SMILES string of the molecule is Cc1ccc(OC/C=C/c2ccc(CO)c(C)c2)cc1. The standard InChI is InChI=1S/C18H20O2/c1-14-5-9-18(10-6-14)20-11-3-4-16-7-8-17(13-19)15(2)12-16/h3-10,12,19H,11,13H2,1-2H3/b4-3+. The lowest BCUT2D eigenvalue weighted by Gasteiger charge is -2.04. The van der Waals surface area contributed by atoms with Gasteiger partial charge in [-0.3, -0.25) is 0 Å². The van der Waals surface area contributed by atoms with Crippen LogP contribution in [0.2, 0.25) is 0 Å². The average Bonchev–Trinajstić information content (AvgIpc) is 2.46. The van der Waals surface area contributed by atoms with Gasteiger partial charge >= 0.3 is 0 Å². The van der Waals surface area contributed by atoms with Gasteiger partial charge in [-0.05, 0) is 48.7 Å². The lowest BCUT2D eigenvalue weighted by molar-refractivity contribution is 0.281. The predicted octanol–water partition coefficient (Wildman–Crippen LogP) is 3.89. The van der Waals surface area contributed by atoms with E-state index < -0.39 is 0 Å². The molecule has 0 aromatic heterocycles. The molecular formula is C18H20O2. The van der Waals surface area contributed by atoms with Crippen molar-refractivity contribution in [2.24, 2.45) is 0 Å². The highest BCUT2D eigenvalue weighted by Crippen LogP contribution is 2.13. The van der Waals surface area contributed by atoms with Gasteiger partial charge in [0.15, 0.2) is 0 Å². The summed E-state index contributed by atoms with van der Waals surface area (Å²) in [5.74, 6) is 0.882. The fourth-order valence-corrected chi connectivity index (χ4v) is 1.96. The molecule has 2 aromatic carbocycles. The van der Waals surface area contributed by atoms with Crippen LogP contribution in [-0.2, 0) is 6.61 Å². The van der Waals surface area contributed by atoms with Crippen LogP contribution in [0.4, 0.5) is 0 Å². The largest absolute Gasteiger partial charge is 0.490 e. The molecule has 2 heteroatoms. The molecule has 2 rings (SSSR count). The molecule has 0 bridgehead atoms. The van der Waals surface area contributed by atoms with E-state index in [1.165, 1.54) is 5.56 Å². The van der Waals surface area contributed by atoms with Crippen molar-refractivity contribution < 1.29 is 9.84 Å². The molecule has 0 fully saturated rings. The molecule has 2 nitrogen and oxygen atoms in total. The first-order chi connectivity index (χ1) is 9.69. The minimum Gasteiger partial charge on any atom is -0.490 e. The maximum Gasteiger partial charge on any atom is 0.119 e. The molecule has 0 spiro atoms. The van der Waals surface area contributed by atoms with E-state index in [0.717, 1.165) is 22.4 Å². The van der Waals surface area contributed by atoms with Gasteiger partial charge < -0.3 is 9.84 Å². The minimum absolute atomic E-state index is 0.0896. The summed E-state index contributed by atoms with van der Waals surface area (Å²) in [6, 6.07) is 14.0. The molecule has 20 heavy (non-hydrogen) atoms. The monoisotopic (exact) mass is 268 g/mol. The fourth-order valence-electron chi connectivity index (χ4n) is 1.96. The maximum absolute atomic E-state index is 9.13. The van der Waals surface area contributed by atoms with Gasteiger partial charge in [0.05, 0.1) is 6.61 Å². The third-order valence-corrected chi connectivity index (χ3v) is 3.21. The van der Waals surface area contributed by atoms with E-state index in [9.17, 15) is 0 Å². The van der Waals surface area contributed by atoms with Gasteiger partial charge in [-0.15, -0.1) is 0 Å². The molecule has 0 aliphatic carbocycles. The molecule has 0 unspecified atom stereocenters. The van der Waals surface area contributed by atoms with Crippen molar-refractivity contribution in [3.05, 3.63) is 70.8 Å². The van der Waals surface area contributed by atoms with E-state index in [2.05, 4.69) is 13.0 Å². The summed E-state index contributed by atoms with van der Waals surface area (Å²) in [5, 5.41) is 9.13. The lowest BCUT2D eigenvalue weighted by Crippen LogP contribution is -1.93. The molecule has 0 atom stereocenters. The van der Waals surface area contributed by atoms with E-state index in [1.807, 2.05) is 55.5 Å². The summed E-state index contributed by atoms with van der Waals surface area (Å²) in [7, 11) is 0. The van der Waals surface area contributed by atoms with E-state index in [1.54, 1.807) is 0 Å². The first kappa shape index (κ1) is 14.4. The Morgan fingerprint density at radius 3 is 2.45 bits per heavy atom. The molecule has 0 saturated heterocycles. The first-order valence-electron chi connectivity index (χ1n) is 6.75. The van der Waals surface area contributed by atoms with Crippen LogP contribution in [0.3, 0.4) is 0 Å². The summed E-state index contributed by atoms with van der Waals surface area (Å²) in [6.07, 6.45) is 4.02. The molecule has 0 amide bonds. The van der Waals surface area contributed by atoms with Gasteiger partial charge in [0.1, 0.15) is 12.4 Å². The predicted molar refractivity (Wildman–Crippen MR) is 82.8 cm³/mol. The molecule has 1 N–H and O–H groups in total. The topological polar surface area (TPSA) is 29.5 Å². The van der Waals surface area contributed by atoms with Crippen molar-refractivity contribution in [2.75, 3.05) is 6.61 Å². The van der Waals surface area contributed by atoms with E-state index >= 15 is 0 Å². The van der Waals surface area contributed by atoms with Gasteiger partial charge in [-0.1, -0.05) is 42.0 Å². The molecule has 0 radical (unpaired) electrons. The van der Waals surface area contributed by atoms with E-state index in [4.69, 9.17) is 9.84 Å². The van der Waals surface area contributed by atoms with Gasteiger partial charge in [-0.2, -0.15) is 0 Å². The second-order valence-electron chi connectivity index (χ2n) is 4.87. The smallest absolute Gasteiger partial charge is 0.119 e. The molecular weight excluding hydrogens is 248 g/mol. The van der Waals surface area contributed by atoms with Crippen LogP contribution in [0, 0.1) is 13.8 Å². The second kappa shape index (κ2) is 6.92. The summed E-state index contributed by atoms with van der Waals surface area (Å²) >= 11 is 0. The number of rotatable bonds is 5. The number of hydrogen-bond acceptors (Lipinski definition) is 2. The Hall–Kier alpha value is -2.06. The van der Waals surface area contributed by atoms with E-state index in [0.29, 0.717) is 6.61 Å². The van der Waals surface area contributed by atoms with Crippen molar-refractivity contribution >= 4 is 6.08 Å². The number of hydrogen-bond donors (Lipinski definition) is 1. The molecule has 0 aliphatic heterocycles. The normalized spacial score (nSPS) is 10.9. The van der Waals surface area contributed by atoms with Crippen LogP contribution in [-0.4, -0.2) is 11.7 Å². The highest BCUT2D eigenvalue weighted by Gasteiger charge is 1.96. The summed E-state index contributed by atoms with van der Waals surface area (Å²) in [5.41, 5.74) is 4.42. The first-order valence-corrected chi connectivity index (χ1v) is 6.75. The lowest BCUT2D eigenvalue weighted by atomic mass is 10.1. The zero-order valence-electron chi connectivity index (χ0n) is 12.0. The third-order valence-electron chi connectivity index (χ3n) is 3.21. The van der Waals surface area contributed by atoms with Gasteiger partial charge in [0.25, 0.3) is 0 Å². The molecule has 0 heterocycles. The number of aryl methyl sites for hydroxylation is 2. The Labute approximate surface area is 120 Å². The molecule has 0 aliphatic rings. The fraction of sp³-hybridized carbons (Fsp3) is 0.222. The number of aliphatic hydroxyl groups is 1. The summed E-state index contributed by atoms with van der Waals surface area (Å²) < 4.78 is 5.63. The van der Waals surface area contributed by atoms with Crippen molar-refractivity contribution in [1.29, 1.82) is 0 Å². The second-order valence-corrected chi connectivity index (χ2v) is 4.87. The van der Waals surface area contributed by atoms with Gasteiger partial charge in [0.2, 0.25) is 0 Å². The Bertz CT molecular complexity index is 583. The van der Waals surface area contributed by atoms with Gasteiger partial charge in [-0.25, -0.2) is 0 Å². The Morgan fingerprint density at radius 2 is 1.80 bits per heavy atom. The minimum atomic E-state index is 0.0896. The van der Waals surface area contributed by atoms with Crippen molar-refractivity contribution in [1.82, 2.24) is 0 Å². The van der Waals surface area contributed by atoms with Gasteiger partial charge in [0, 0.05) is 0 Å². The summed E-state index contributed by atoms with van der Waals surface area (Å²) in [6.45, 7) is 4.70. The Morgan fingerprint density at radius 1 is 1.05 bits per heavy atom. The van der Waals surface area contributed by atoms with Crippen LogP contribution in [0.25, 0.3) is 6.08 Å². The average molecular weight is 268 g/mol. The van der Waals surface area contributed by atoms with Crippen LogP contribution in [0.1, 0.15) is 22.3 Å².